The Morgan fingerprint density at radius 3 is 2.80 bits per heavy atom. The van der Waals surface area contributed by atoms with Crippen LogP contribution in [0.5, 0.6) is 0 Å². The largest absolute Gasteiger partial charge is 0.312 e. The quantitative estimate of drug-likeness (QED) is 0.864. The molecule has 1 aliphatic rings. The fourth-order valence-electron chi connectivity index (χ4n) is 2.77. The smallest absolute Gasteiger partial charge is 0.0730 e. The first kappa shape index (κ1) is 13.8. The Bertz CT molecular complexity index is 638. The van der Waals surface area contributed by atoms with E-state index in [1.807, 2.05) is 6.07 Å². The molecule has 0 fully saturated rings. The summed E-state index contributed by atoms with van der Waals surface area (Å²) in [5.41, 5.74) is 5.14. The number of hydrogen-bond donors (Lipinski definition) is 1. The number of hydrogen-bond acceptors (Lipinski definition) is 2. The molecule has 2 aromatic rings. The molecule has 4 heteroatoms. The molecule has 3 nitrogen and oxygen atoms in total. The van der Waals surface area contributed by atoms with Crippen molar-refractivity contribution in [2.75, 3.05) is 6.54 Å². The zero-order valence-electron chi connectivity index (χ0n) is 12.2. The molecule has 20 heavy (non-hydrogen) atoms. The summed E-state index contributed by atoms with van der Waals surface area (Å²) in [7, 11) is 0. The van der Waals surface area contributed by atoms with Gasteiger partial charge < -0.3 is 5.32 Å². The summed E-state index contributed by atoms with van der Waals surface area (Å²) < 4.78 is 3.21. The van der Waals surface area contributed by atoms with Crippen LogP contribution in [0.2, 0.25) is 0 Å². The Labute approximate surface area is 128 Å². The van der Waals surface area contributed by atoms with Crippen molar-refractivity contribution in [3.63, 3.8) is 0 Å². The number of rotatable bonds is 1. The third-order valence-corrected chi connectivity index (χ3v) is 4.19. The van der Waals surface area contributed by atoms with E-state index in [4.69, 9.17) is 5.10 Å². The molecule has 3 rings (SSSR count). The summed E-state index contributed by atoms with van der Waals surface area (Å²) in [5.74, 6) is 0. The molecule has 0 saturated heterocycles. The predicted octanol–water partition coefficient (Wildman–Crippen LogP) is 3.58. The first-order valence-corrected chi connectivity index (χ1v) is 7.84. The Kier molecular flexibility index (Phi) is 3.46. The average molecular weight is 334 g/mol. The van der Waals surface area contributed by atoms with Crippen LogP contribution in [0.25, 0.3) is 5.69 Å². The highest BCUT2D eigenvalue weighted by Gasteiger charge is 2.28. The lowest BCUT2D eigenvalue weighted by Gasteiger charge is -2.20. The van der Waals surface area contributed by atoms with E-state index < -0.39 is 0 Å². The van der Waals surface area contributed by atoms with Gasteiger partial charge in [-0.2, -0.15) is 5.10 Å². The van der Waals surface area contributed by atoms with Crippen molar-refractivity contribution in [3.05, 3.63) is 45.7 Å². The number of fused-ring (bicyclic) bond motifs is 1. The fourth-order valence-corrected chi connectivity index (χ4v) is 3.16. The molecule has 1 aliphatic heterocycles. The maximum Gasteiger partial charge on any atom is 0.0730 e. The van der Waals surface area contributed by atoms with Crippen LogP contribution >= 0.6 is 15.9 Å². The minimum absolute atomic E-state index is 0.0698. The Hall–Kier alpha value is -1.13. The summed E-state index contributed by atoms with van der Waals surface area (Å²) >= 11 is 3.55. The van der Waals surface area contributed by atoms with Gasteiger partial charge in [-0.1, -0.05) is 42.8 Å². The van der Waals surface area contributed by atoms with E-state index in [0.29, 0.717) is 0 Å². The molecule has 0 atom stereocenters. The minimum atomic E-state index is 0.0698. The van der Waals surface area contributed by atoms with Gasteiger partial charge in [0.1, 0.15) is 0 Å². The van der Waals surface area contributed by atoms with Gasteiger partial charge in [0.2, 0.25) is 0 Å². The number of nitrogens with one attached hydrogen (secondary N) is 1. The lowest BCUT2D eigenvalue weighted by molar-refractivity contribution is 0.548. The molecule has 106 valence electrons. The second-order valence-corrected chi connectivity index (χ2v) is 7.26. The molecule has 1 aromatic carbocycles. The molecule has 0 amide bonds. The zero-order valence-corrected chi connectivity index (χ0v) is 13.8. The van der Waals surface area contributed by atoms with Crippen molar-refractivity contribution >= 4 is 15.9 Å². The summed E-state index contributed by atoms with van der Waals surface area (Å²) in [6.07, 6.45) is 1.03. The van der Waals surface area contributed by atoms with Crippen LogP contribution in [-0.2, 0) is 18.4 Å². The summed E-state index contributed by atoms with van der Waals surface area (Å²) in [5, 5.41) is 8.40. The molecule has 0 radical (unpaired) electrons. The summed E-state index contributed by atoms with van der Waals surface area (Å²) in [6, 6.07) is 8.35. The molecule has 1 aromatic heterocycles. The highest BCUT2D eigenvalue weighted by molar-refractivity contribution is 9.10. The van der Waals surface area contributed by atoms with Crippen molar-refractivity contribution in [1.82, 2.24) is 15.1 Å². The lowest BCUT2D eigenvalue weighted by atomic mass is 9.88. The van der Waals surface area contributed by atoms with Crippen molar-refractivity contribution in [3.8, 4) is 5.69 Å². The summed E-state index contributed by atoms with van der Waals surface area (Å²) in [6.45, 7) is 8.65. The van der Waals surface area contributed by atoms with Gasteiger partial charge in [0.05, 0.1) is 17.1 Å². The maximum absolute atomic E-state index is 4.93. The number of halogens is 1. The van der Waals surface area contributed by atoms with E-state index in [1.165, 1.54) is 17.0 Å². The average Bonchev–Trinajstić information content (AvgIpc) is 2.78. The first-order valence-electron chi connectivity index (χ1n) is 7.05. The minimum Gasteiger partial charge on any atom is -0.312 e. The van der Waals surface area contributed by atoms with Gasteiger partial charge in [0, 0.05) is 35.0 Å². The molecule has 1 N–H and O–H groups in total. The number of nitrogens with zero attached hydrogens (tertiary/aromatic N) is 2. The Morgan fingerprint density at radius 1 is 1.30 bits per heavy atom. The molecular weight excluding hydrogens is 314 g/mol. The third kappa shape index (κ3) is 2.42. The highest BCUT2D eigenvalue weighted by atomic mass is 79.9. The highest BCUT2D eigenvalue weighted by Crippen LogP contribution is 2.30. The van der Waals surface area contributed by atoms with Gasteiger partial charge in [-0.25, -0.2) is 4.68 Å². The van der Waals surface area contributed by atoms with Gasteiger partial charge in [-0.3, -0.25) is 0 Å². The van der Waals surface area contributed by atoms with Crippen LogP contribution in [0.1, 0.15) is 37.7 Å². The second-order valence-electron chi connectivity index (χ2n) is 6.34. The Morgan fingerprint density at radius 2 is 2.10 bits per heavy atom. The van der Waals surface area contributed by atoms with Crippen LogP contribution in [0.4, 0.5) is 0 Å². The standard InChI is InChI=1S/C16H20BrN3/c1-16(2,3)15-13-10-18-8-7-14(13)20(19-15)12-6-4-5-11(17)9-12/h4-6,9,18H,7-8,10H2,1-3H3. The van der Waals surface area contributed by atoms with Crippen molar-refractivity contribution in [2.24, 2.45) is 0 Å². The molecule has 0 spiro atoms. The van der Waals surface area contributed by atoms with Crippen LogP contribution in [0.15, 0.2) is 28.7 Å². The first-order chi connectivity index (χ1) is 9.47. The van der Waals surface area contributed by atoms with E-state index in [-0.39, 0.29) is 5.41 Å². The van der Waals surface area contributed by atoms with E-state index in [0.717, 1.165) is 29.7 Å². The Balaban J connectivity index is 2.19. The van der Waals surface area contributed by atoms with Gasteiger partial charge in [-0.05, 0) is 18.2 Å². The summed E-state index contributed by atoms with van der Waals surface area (Å²) in [4.78, 5) is 0. The van der Waals surface area contributed by atoms with Crippen LogP contribution in [0.3, 0.4) is 0 Å². The van der Waals surface area contributed by atoms with Gasteiger partial charge in [0.15, 0.2) is 0 Å². The fraction of sp³-hybridized carbons (Fsp3) is 0.438. The van der Waals surface area contributed by atoms with E-state index in [9.17, 15) is 0 Å². The third-order valence-electron chi connectivity index (χ3n) is 3.69. The van der Waals surface area contributed by atoms with E-state index in [1.54, 1.807) is 0 Å². The number of benzene rings is 1. The van der Waals surface area contributed by atoms with Crippen LogP contribution in [0, 0.1) is 0 Å². The lowest BCUT2D eigenvalue weighted by Crippen LogP contribution is -2.26. The maximum atomic E-state index is 4.93. The second kappa shape index (κ2) is 5.01. The van der Waals surface area contributed by atoms with Crippen molar-refractivity contribution in [2.45, 2.75) is 39.2 Å². The SMILES string of the molecule is CC(C)(C)c1nn(-c2cccc(Br)c2)c2c1CNCC2. The topological polar surface area (TPSA) is 29.9 Å². The normalized spacial score (nSPS) is 15.2. The van der Waals surface area contributed by atoms with Crippen molar-refractivity contribution < 1.29 is 0 Å². The molecule has 0 saturated carbocycles. The van der Waals surface area contributed by atoms with Gasteiger partial charge >= 0.3 is 0 Å². The van der Waals surface area contributed by atoms with Crippen molar-refractivity contribution in [1.29, 1.82) is 0 Å². The van der Waals surface area contributed by atoms with Crippen LogP contribution in [-0.4, -0.2) is 16.3 Å². The van der Waals surface area contributed by atoms with Gasteiger partial charge in [0.25, 0.3) is 0 Å². The van der Waals surface area contributed by atoms with Gasteiger partial charge in [-0.15, -0.1) is 0 Å². The number of aromatic nitrogens is 2. The predicted molar refractivity (Wildman–Crippen MR) is 85.4 cm³/mol. The molecule has 0 bridgehead atoms. The molecular formula is C16H20BrN3. The molecule has 2 heterocycles. The molecule has 0 unspecified atom stereocenters. The van der Waals surface area contributed by atoms with Crippen LogP contribution < -0.4 is 5.32 Å². The zero-order chi connectivity index (χ0) is 14.3. The van der Waals surface area contributed by atoms with E-state index in [2.05, 4.69) is 64.9 Å². The molecule has 0 aliphatic carbocycles. The van der Waals surface area contributed by atoms with E-state index >= 15 is 0 Å². The monoisotopic (exact) mass is 333 g/mol.